The molecule has 0 bridgehead atoms. The quantitative estimate of drug-likeness (QED) is 0.356. The van der Waals surface area contributed by atoms with Crippen LogP contribution in [0.5, 0.6) is 5.75 Å². The van der Waals surface area contributed by atoms with Crippen molar-refractivity contribution in [3.05, 3.63) is 72.4 Å². The first-order valence-electron chi connectivity index (χ1n) is 13.1. The number of carbonyl (C=O) groups is 1. The summed E-state index contributed by atoms with van der Waals surface area (Å²) in [7, 11) is 3.96. The average molecular weight is 519 g/mol. The zero-order valence-corrected chi connectivity index (χ0v) is 22.4. The summed E-state index contributed by atoms with van der Waals surface area (Å²) in [5.74, 6) is 1.10. The lowest BCUT2D eigenvalue weighted by Gasteiger charge is -2.37. The number of aliphatic hydroxyl groups is 1. The van der Waals surface area contributed by atoms with Crippen LogP contribution < -0.4 is 25.2 Å². The third kappa shape index (κ3) is 7.14. The van der Waals surface area contributed by atoms with Crippen molar-refractivity contribution in [3.8, 4) is 5.75 Å². The molecule has 202 valence electrons. The van der Waals surface area contributed by atoms with Gasteiger partial charge in [-0.25, -0.2) is 4.98 Å². The number of aromatic nitrogens is 1. The third-order valence-corrected chi connectivity index (χ3v) is 6.52. The second-order valence-corrected chi connectivity index (χ2v) is 9.52. The van der Waals surface area contributed by atoms with Gasteiger partial charge in [0.2, 0.25) is 0 Å². The van der Waals surface area contributed by atoms with Gasteiger partial charge < -0.3 is 30.3 Å². The van der Waals surface area contributed by atoms with E-state index in [-0.39, 0.29) is 12.5 Å². The summed E-state index contributed by atoms with van der Waals surface area (Å²) < 4.78 is 5.78. The molecule has 9 heteroatoms. The molecule has 1 unspecified atom stereocenters. The number of para-hydroxylation sites is 2. The van der Waals surface area contributed by atoms with Gasteiger partial charge in [0.1, 0.15) is 11.6 Å². The number of amides is 1. The lowest BCUT2D eigenvalue weighted by Crippen LogP contribution is -2.50. The first-order valence-corrected chi connectivity index (χ1v) is 13.1. The van der Waals surface area contributed by atoms with Gasteiger partial charge in [-0.1, -0.05) is 18.2 Å². The zero-order chi connectivity index (χ0) is 26.9. The van der Waals surface area contributed by atoms with Crippen molar-refractivity contribution in [3.63, 3.8) is 0 Å². The molecule has 1 aliphatic rings. The van der Waals surface area contributed by atoms with Crippen molar-refractivity contribution in [1.29, 1.82) is 0 Å². The summed E-state index contributed by atoms with van der Waals surface area (Å²) in [6, 6.07) is 19.5. The number of β-amino-alcohol motifs (C(OH)–C–C–N with tert-alkyl or cyclic N) is 1. The molecule has 1 fully saturated rings. The second-order valence-electron chi connectivity index (χ2n) is 9.52. The molecule has 2 aromatic carbocycles. The van der Waals surface area contributed by atoms with Crippen LogP contribution in [0, 0.1) is 0 Å². The lowest BCUT2D eigenvalue weighted by molar-refractivity contribution is 0.0852. The number of aliphatic hydroxyl groups excluding tert-OH is 1. The van der Waals surface area contributed by atoms with Crippen molar-refractivity contribution in [2.45, 2.75) is 13.0 Å². The highest BCUT2D eigenvalue weighted by Gasteiger charge is 2.22. The van der Waals surface area contributed by atoms with Crippen LogP contribution in [-0.4, -0.2) is 87.0 Å². The number of ether oxygens (including phenoxy) is 1. The average Bonchev–Trinajstić information content (AvgIpc) is 2.93. The summed E-state index contributed by atoms with van der Waals surface area (Å²) in [5, 5.41) is 16.8. The maximum absolute atomic E-state index is 13.0. The van der Waals surface area contributed by atoms with Crippen molar-refractivity contribution >= 4 is 28.8 Å². The summed E-state index contributed by atoms with van der Waals surface area (Å²) >= 11 is 0. The predicted octanol–water partition coefficient (Wildman–Crippen LogP) is 3.20. The number of nitrogens with one attached hydrogen (secondary N) is 2. The third-order valence-electron chi connectivity index (χ3n) is 6.52. The largest absolute Gasteiger partial charge is 0.492 e. The van der Waals surface area contributed by atoms with Gasteiger partial charge in [-0.15, -0.1) is 0 Å². The summed E-state index contributed by atoms with van der Waals surface area (Å²) in [5.41, 5.74) is 3.42. The SMILES string of the molecule is CCOc1ccccc1N1CCN(CC(O)CNC(=O)c2cccnc2Nc2cccc(N(C)C)c2)CC1. The molecule has 1 amide bonds. The Morgan fingerprint density at radius 3 is 2.63 bits per heavy atom. The zero-order valence-electron chi connectivity index (χ0n) is 22.4. The fourth-order valence-corrected chi connectivity index (χ4v) is 4.52. The van der Waals surface area contributed by atoms with Crippen LogP contribution in [-0.2, 0) is 0 Å². The molecular weight excluding hydrogens is 480 g/mol. The number of hydrogen-bond donors (Lipinski definition) is 3. The van der Waals surface area contributed by atoms with Crippen LogP contribution in [0.25, 0.3) is 0 Å². The molecule has 1 aromatic heterocycles. The molecule has 1 aliphatic heterocycles. The molecule has 4 rings (SSSR count). The molecule has 2 heterocycles. The molecule has 0 radical (unpaired) electrons. The minimum absolute atomic E-state index is 0.163. The Hall–Kier alpha value is -3.82. The highest BCUT2D eigenvalue weighted by Crippen LogP contribution is 2.29. The van der Waals surface area contributed by atoms with Gasteiger partial charge in [0.15, 0.2) is 0 Å². The number of piperazine rings is 1. The van der Waals surface area contributed by atoms with Crippen molar-refractivity contribution in [1.82, 2.24) is 15.2 Å². The Balaban J connectivity index is 1.27. The van der Waals surface area contributed by atoms with E-state index < -0.39 is 6.10 Å². The number of benzene rings is 2. The van der Waals surface area contributed by atoms with Gasteiger partial charge >= 0.3 is 0 Å². The molecule has 3 aromatic rings. The van der Waals surface area contributed by atoms with E-state index in [1.165, 1.54) is 0 Å². The summed E-state index contributed by atoms with van der Waals surface area (Å²) in [6.07, 6.45) is 0.974. The van der Waals surface area contributed by atoms with Gasteiger partial charge in [0.25, 0.3) is 5.91 Å². The van der Waals surface area contributed by atoms with Crippen LogP contribution in [0.4, 0.5) is 22.9 Å². The Labute approximate surface area is 225 Å². The van der Waals surface area contributed by atoms with Gasteiger partial charge in [0, 0.05) is 70.9 Å². The van der Waals surface area contributed by atoms with Crippen molar-refractivity contribution in [2.24, 2.45) is 0 Å². The van der Waals surface area contributed by atoms with Gasteiger partial charge in [0.05, 0.1) is 24.0 Å². The minimum atomic E-state index is -0.675. The fraction of sp³-hybridized carbons (Fsp3) is 0.379. The first kappa shape index (κ1) is 27.2. The van der Waals surface area contributed by atoms with Crippen LogP contribution in [0.2, 0.25) is 0 Å². The summed E-state index contributed by atoms with van der Waals surface area (Å²) in [6.45, 7) is 6.64. The number of rotatable bonds is 11. The van der Waals surface area contributed by atoms with E-state index in [9.17, 15) is 9.90 Å². The van der Waals surface area contributed by atoms with Crippen molar-refractivity contribution < 1.29 is 14.6 Å². The highest BCUT2D eigenvalue weighted by atomic mass is 16.5. The minimum Gasteiger partial charge on any atom is -0.492 e. The summed E-state index contributed by atoms with van der Waals surface area (Å²) in [4.78, 5) is 23.9. The van der Waals surface area contributed by atoms with Gasteiger partial charge in [-0.2, -0.15) is 0 Å². The topological polar surface area (TPSA) is 93.2 Å². The van der Waals surface area contributed by atoms with E-state index in [0.717, 1.165) is 49.0 Å². The number of carbonyl (C=O) groups excluding carboxylic acids is 1. The molecule has 0 aliphatic carbocycles. The van der Waals surface area contributed by atoms with E-state index in [1.807, 2.05) is 68.4 Å². The lowest BCUT2D eigenvalue weighted by atomic mass is 10.2. The number of nitrogens with zero attached hydrogens (tertiary/aromatic N) is 4. The van der Waals surface area contributed by atoms with Crippen molar-refractivity contribution in [2.75, 3.05) is 75.1 Å². The number of hydrogen-bond acceptors (Lipinski definition) is 8. The predicted molar refractivity (Wildman–Crippen MR) is 153 cm³/mol. The standard InChI is InChI=1S/C29H38N6O3/c1-4-38-27-13-6-5-12-26(27)35-17-15-34(16-18-35)21-24(36)20-31-29(37)25-11-8-14-30-28(25)32-22-9-7-10-23(19-22)33(2)3/h5-14,19,24,36H,4,15-18,20-21H2,1-3H3,(H,30,32)(H,31,37). The number of pyridine rings is 1. The molecule has 1 atom stereocenters. The maximum atomic E-state index is 13.0. The highest BCUT2D eigenvalue weighted by molar-refractivity contribution is 5.99. The van der Waals surface area contributed by atoms with Gasteiger partial charge in [-0.3, -0.25) is 9.69 Å². The Kier molecular flexibility index (Phi) is 9.40. The molecule has 0 spiro atoms. The van der Waals surface area contributed by atoms with E-state index in [0.29, 0.717) is 24.5 Å². The smallest absolute Gasteiger partial charge is 0.255 e. The molecule has 38 heavy (non-hydrogen) atoms. The van der Waals surface area contributed by atoms with E-state index in [2.05, 4.69) is 31.5 Å². The molecule has 0 saturated carbocycles. The van der Waals surface area contributed by atoms with Crippen LogP contribution in [0.3, 0.4) is 0 Å². The fourth-order valence-electron chi connectivity index (χ4n) is 4.52. The normalized spacial score (nSPS) is 14.6. The van der Waals surface area contributed by atoms with E-state index in [4.69, 9.17) is 4.74 Å². The Bertz CT molecular complexity index is 1200. The van der Waals surface area contributed by atoms with Gasteiger partial charge in [-0.05, 0) is 49.4 Å². The first-order chi connectivity index (χ1) is 18.4. The Morgan fingerprint density at radius 1 is 1.08 bits per heavy atom. The van der Waals surface area contributed by atoms with Crippen LogP contribution in [0.1, 0.15) is 17.3 Å². The van der Waals surface area contributed by atoms with Crippen LogP contribution >= 0.6 is 0 Å². The maximum Gasteiger partial charge on any atom is 0.255 e. The second kappa shape index (κ2) is 13.1. The monoisotopic (exact) mass is 518 g/mol. The van der Waals surface area contributed by atoms with Crippen LogP contribution in [0.15, 0.2) is 66.9 Å². The van der Waals surface area contributed by atoms with E-state index >= 15 is 0 Å². The molecule has 9 nitrogen and oxygen atoms in total. The molecular formula is C29H38N6O3. The number of anilines is 4. The molecule has 1 saturated heterocycles. The van der Waals surface area contributed by atoms with E-state index in [1.54, 1.807) is 18.3 Å². The molecule has 3 N–H and O–H groups in total. The Morgan fingerprint density at radius 2 is 1.87 bits per heavy atom.